The van der Waals surface area contributed by atoms with Gasteiger partial charge < -0.3 is 14.5 Å². The minimum atomic E-state index is -0.421. The fourth-order valence-electron chi connectivity index (χ4n) is 2.17. The van der Waals surface area contributed by atoms with Gasteiger partial charge in [0.25, 0.3) is 0 Å². The topological polar surface area (TPSA) is 51.5 Å². The Morgan fingerprint density at radius 2 is 1.90 bits per heavy atom. The van der Waals surface area contributed by atoms with E-state index in [4.69, 9.17) is 4.42 Å². The number of nitrogens with one attached hydrogen (secondary N) is 1. The number of furan rings is 1. The van der Waals surface area contributed by atoms with Crippen LogP contribution >= 0.6 is 0 Å². The number of rotatable bonds is 5. The monoisotopic (exact) mass is 291 g/mol. The molecule has 4 nitrogen and oxygen atoms in total. The van der Waals surface area contributed by atoms with E-state index in [1.807, 2.05) is 12.1 Å². The molecule has 0 amide bonds. The predicted molar refractivity (Wildman–Crippen MR) is 76.5 cm³/mol. The molecule has 0 radical (unpaired) electrons. The molecule has 0 fully saturated rings. The van der Waals surface area contributed by atoms with Crippen molar-refractivity contribution in [1.82, 2.24) is 5.32 Å². The van der Waals surface area contributed by atoms with Gasteiger partial charge in [0.05, 0.1) is 19.2 Å². The van der Waals surface area contributed by atoms with Crippen molar-refractivity contribution in [3.8, 4) is 0 Å². The largest absolute Gasteiger partial charge is 0.467 e. The van der Waals surface area contributed by atoms with Gasteiger partial charge in [-0.1, -0.05) is 12.1 Å². The molecule has 0 atom stereocenters. The lowest BCUT2D eigenvalue weighted by Crippen LogP contribution is -2.12. The van der Waals surface area contributed by atoms with E-state index < -0.39 is 5.97 Å². The highest BCUT2D eigenvalue weighted by atomic mass is 19.1. The van der Waals surface area contributed by atoms with Crippen LogP contribution in [0.2, 0.25) is 0 Å². The van der Waals surface area contributed by atoms with Crippen molar-refractivity contribution >= 4 is 5.97 Å². The molecule has 21 heavy (non-hydrogen) atoms. The minimum absolute atomic E-state index is 0.160. The number of hydrogen-bond donors (Lipinski definition) is 1. The molecule has 0 saturated heterocycles. The van der Waals surface area contributed by atoms with Gasteiger partial charge in [-0.25, -0.2) is 9.18 Å². The van der Waals surface area contributed by atoms with E-state index in [0.29, 0.717) is 35.5 Å². The summed E-state index contributed by atoms with van der Waals surface area (Å²) in [5.74, 6) is 0.0632. The molecular formula is C16H18FNO3. The van der Waals surface area contributed by atoms with Crippen LogP contribution in [0.25, 0.3) is 0 Å². The molecule has 0 bridgehead atoms. The van der Waals surface area contributed by atoms with E-state index in [1.54, 1.807) is 19.9 Å². The van der Waals surface area contributed by atoms with Gasteiger partial charge in [-0.3, -0.25) is 0 Å². The third kappa shape index (κ3) is 3.70. The quantitative estimate of drug-likeness (QED) is 0.860. The molecule has 0 saturated carbocycles. The summed E-state index contributed by atoms with van der Waals surface area (Å²) >= 11 is 0. The number of methoxy groups -OCH3 is 1. The molecule has 0 spiro atoms. The first kappa shape index (κ1) is 15.3. The molecule has 1 aromatic carbocycles. The molecule has 1 aromatic heterocycles. The summed E-state index contributed by atoms with van der Waals surface area (Å²) in [6.45, 7) is 4.57. The Labute approximate surface area is 122 Å². The standard InChI is InChI=1S/C16H18FNO3/c1-10-4-12(5-11(2)15(10)17)7-18-8-14-6-13(9-21-14)16(19)20-3/h4-6,9,18H,7-8H2,1-3H3. The van der Waals surface area contributed by atoms with Crippen LogP contribution in [0, 0.1) is 19.7 Å². The minimum Gasteiger partial charge on any atom is -0.467 e. The fourth-order valence-corrected chi connectivity index (χ4v) is 2.17. The first-order chi connectivity index (χ1) is 10.0. The van der Waals surface area contributed by atoms with Crippen LogP contribution in [0.5, 0.6) is 0 Å². The molecule has 1 N–H and O–H groups in total. The van der Waals surface area contributed by atoms with E-state index in [-0.39, 0.29) is 5.82 Å². The normalized spacial score (nSPS) is 10.7. The SMILES string of the molecule is COC(=O)c1coc(CNCc2cc(C)c(F)c(C)c2)c1. The molecule has 2 rings (SSSR count). The lowest BCUT2D eigenvalue weighted by Gasteiger charge is -2.07. The smallest absolute Gasteiger partial charge is 0.341 e. The van der Waals surface area contributed by atoms with Gasteiger partial charge in [0.2, 0.25) is 0 Å². The highest BCUT2D eigenvalue weighted by molar-refractivity contribution is 5.88. The van der Waals surface area contributed by atoms with E-state index in [0.717, 1.165) is 5.56 Å². The summed E-state index contributed by atoms with van der Waals surface area (Å²) in [5, 5.41) is 3.19. The van der Waals surface area contributed by atoms with Gasteiger partial charge in [-0.05, 0) is 36.6 Å². The Morgan fingerprint density at radius 1 is 1.24 bits per heavy atom. The van der Waals surface area contributed by atoms with Gasteiger partial charge in [0, 0.05) is 6.54 Å². The Balaban J connectivity index is 1.92. The maximum atomic E-state index is 13.5. The molecule has 0 aliphatic heterocycles. The Hall–Kier alpha value is -2.14. The maximum absolute atomic E-state index is 13.5. The maximum Gasteiger partial charge on any atom is 0.341 e. The van der Waals surface area contributed by atoms with Crippen molar-refractivity contribution in [2.24, 2.45) is 0 Å². The average Bonchev–Trinajstić information content (AvgIpc) is 2.92. The van der Waals surface area contributed by atoms with E-state index in [1.165, 1.54) is 13.4 Å². The second-order valence-electron chi connectivity index (χ2n) is 4.94. The predicted octanol–water partition coefficient (Wildman–Crippen LogP) is 3.11. The molecule has 2 aromatic rings. The van der Waals surface area contributed by atoms with Crippen LogP contribution in [0.3, 0.4) is 0 Å². The molecule has 0 aliphatic rings. The Kier molecular flexibility index (Phi) is 4.75. The van der Waals surface area contributed by atoms with E-state index >= 15 is 0 Å². The van der Waals surface area contributed by atoms with Crippen molar-refractivity contribution in [3.05, 3.63) is 58.3 Å². The van der Waals surface area contributed by atoms with Gasteiger partial charge in [0.15, 0.2) is 0 Å². The second-order valence-corrected chi connectivity index (χ2v) is 4.94. The summed E-state index contributed by atoms with van der Waals surface area (Å²) in [4.78, 5) is 11.3. The molecular weight excluding hydrogens is 273 g/mol. The molecule has 0 aliphatic carbocycles. The summed E-state index contributed by atoms with van der Waals surface area (Å²) < 4.78 is 23.4. The number of ether oxygens (including phenoxy) is 1. The zero-order chi connectivity index (χ0) is 15.4. The lowest BCUT2D eigenvalue weighted by molar-refractivity contribution is 0.0600. The van der Waals surface area contributed by atoms with Crippen LogP contribution in [0.15, 0.2) is 28.9 Å². The summed E-state index contributed by atoms with van der Waals surface area (Å²) in [5.41, 5.74) is 2.67. The number of aryl methyl sites for hydroxylation is 2. The van der Waals surface area contributed by atoms with Crippen molar-refractivity contribution < 1.29 is 18.3 Å². The highest BCUT2D eigenvalue weighted by Gasteiger charge is 2.10. The molecule has 0 unspecified atom stereocenters. The van der Waals surface area contributed by atoms with Crippen LogP contribution in [-0.4, -0.2) is 13.1 Å². The first-order valence-corrected chi connectivity index (χ1v) is 6.63. The zero-order valence-electron chi connectivity index (χ0n) is 12.3. The first-order valence-electron chi connectivity index (χ1n) is 6.63. The lowest BCUT2D eigenvalue weighted by atomic mass is 10.1. The number of carbonyl (C=O) groups excluding carboxylic acids is 1. The molecule has 112 valence electrons. The van der Waals surface area contributed by atoms with Crippen molar-refractivity contribution in [2.45, 2.75) is 26.9 Å². The molecule has 1 heterocycles. The van der Waals surface area contributed by atoms with Gasteiger partial charge in [-0.2, -0.15) is 0 Å². The zero-order valence-corrected chi connectivity index (χ0v) is 12.3. The number of carbonyl (C=O) groups is 1. The van der Waals surface area contributed by atoms with Gasteiger partial charge >= 0.3 is 5.97 Å². The Morgan fingerprint density at radius 3 is 2.52 bits per heavy atom. The van der Waals surface area contributed by atoms with E-state index in [2.05, 4.69) is 10.1 Å². The van der Waals surface area contributed by atoms with Crippen LogP contribution in [-0.2, 0) is 17.8 Å². The van der Waals surface area contributed by atoms with Crippen molar-refractivity contribution in [1.29, 1.82) is 0 Å². The number of halogens is 1. The van der Waals surface area contributed by atoms with E-state index in [9.17, 15) is 9.18 Å². The summed E-state index contributed by atoms with van der Waals surface area (Å²) in [6, 6.07) is 5.27. The van der Waals surface area contributed by atoms with Crippen molar-refractivity contribution in [3.63, 3.8) is 0 Å². The summed E-state index contributed by atoms with van der Waals surface area (Å²) in [7, 11) is 1.33. The third-order valence-electron chi connectivity index (χ3n) is 3.20. The number of benzene rings is 1. The van der Waals surface area contributed by atoms with Crippen LogP contribution < -0.4 is 5.32 Å². The average molecular weight is 291 g/mol. The third-order valence-corrected chi connectivity index (χ3v) is 3.20. The van der Waals surface area contributed by atoms with Gasteiger partial charge in [0.1, 0.15) is 17.8 Å². The summed E-state index contributed by atoms with van der Waals surface area (Å²) in [6.07, 6.45) is 1.37. The highest BCUT2D eigenvalue weighted by Crippen LogP contribution is 2.15. The second kappa shape index (κ2) is 6.54. The van der Waals surface area contributed by atoms with Gasteiger partial charge in [-0.15, -0.1) is 0 Å². The number of hydrogen-bond acceptors (Lipinski definition) is 4. The Bertz CT molecular complexity index is 626. The fraction of sp³-hybridized carbons (Fsp3) is 0.312. The molecule has 5 heteroatoms. The van der Waals surface area contributed by atoms with Crippen LogP contribution in [0.1, 0.15) is 32.8 Å². The van der Waals surface area contributed by atoms with Crippen molar-refractivity contribution in [2.75, 3.05) is 7.11 Å². The van der Waals surface area contributed by atoms with Crippen LogP contribution in [0.4, 0.5) is 4.39 Å². The number of esters is 1.